The van der Waals surface area contributed by atoms with E-state index in [0.29, 0.717) is 34.5 Å². The van der Waals surface area contributed by atoms with Crippen LogP contribution in [-0.4, -0.2) is 43.8 Å². The van der Waals surface area contributed by atoms with Crippen molar-refractivity contribution >= 4 is 38.3 Å². The molecule has 4 aromatic rings. The maximum absolute atomic E-state index is 12.5. The number of nitrogens with zero attached hydrogens (tertiary/aromatic N) is 2. The van der Waals surface area contributed by atoms with Gasteiger partial charge in [0.25, 0.3) is 5.91 Å². The van der Waals surface area contributed by atoms with Crippen LogP contribution in [0.1, 0.15) is 23.7 Å². The van der Waals surface area contributed by atoms with Crippen LogP contribution in [0.5, 0.6) is 11.6 Å². The molecular formula is C24H25N5O5S. The molecule has 0 aliphatic rings. The maximum atomic E-state index is 12.5. The van der Waals surface area contributed by atoms with E-state index in [1.807, 2.05) is 6.92 Å². The minimum atomic E-state index is -3.47. The number of benzene rings is 2. The summed E-state index contributed by atoms with van der Waals surface area (Å²) in [6.07, 6.45) is 3.77. The van der Waals surface area contributed by atoms with Crippen LogP contribution in [-0.2, 0) is 9.84 Å². The molecule has 0 bridgehead atoms. The maximum Gasteiger partial charge on any atom is 0.254 e. The molecule has 0 saturated carbocycles. The quantitative estimate of drug-likeness (QED) is 0.280. The summed E-state index contributed by atoms with van der Waals surface area (Å²) in [7, 11) is -1.92. The van der Waals surface area contributed by atoms with E-state index < -0.39 is 9.84 Å². The molecule has 0 saturated heterocycles. The third-order valence-corrected chi connectivity index (χ3v) is 6.60. The number of amides is 1. The van der Waals surface area contributed by atoms with Crippen molar-refractivity contribution in [2.24, 2.45) is 0 Å². The number of nitrogens with one attached hydrogen (secondary N) is 3. The molecule has 10 nitrogen and oxygen atoms in total. The minimum Gasteiger partial charge on any atom is -0.463 e. The molecule has 3 N–H and O–H groups in total. The number of aromatic nitrogens is 2. The Morgan fingerprint density at radius 3 is 2.80 bits per heavy atom. The Bertz CT molecular complexity index is 1450. The highest BCUT2D eigenvalue weighted by Crippen LogP contribution is 2.28. The second-order valence-corrected chi connectivity index (χ2v) is 9.61. The fraction of sp³-hybridized carbons (Fsp3) is 0.208. The second-order valence-electron chi connectivity index (χ2n) is 7.62. The molecule has 4 rings (SSSR count). The van der Waals surface area contributed by atoms with E-state index in [2.05, 4.69) is 25.9 Å². The van der Waals surface area contributed by atoms with Gasteiger partial charge in [0, 0.05) is 36.5 Å². The Labute approximate surface area is 202 Å². The van der Waals surface area contributed by atoms with Crippen molar-refractivity contribution in [1.82, 2.24) is 20.6 Å². The van der Waals surface area contributed by atoms with E-state index >= 15 is 0 Å². The number of hydrogen-bond acceptors (Lipinski definition) is 9. The average molecular weight is 496 g/mol. The van der Waals surface area contributed by atoms with Gasteiger partial charge in [-0.1, -0.05) is 13.0 Å². The average Bonchev–Trinajstić information content (AvgIpc) is 3.27. The van der Waals surface area contributed by atoms with E-state index in [-0.39, 0.29) is 28.5 Å². The Balaban J connectivity index is 1.49. The van der Waals surface area contributed by atoms with E-state index in [4.69, 9.17) is 9.15 Å². The van der Waals surface area contributed by atoms with Crippen molar-refractivity contribution < 1.29 is 22.4 Å². The highest BCUT2D eigenvalue weighted by atomic mass is 32.2. The van der Waals surface area contributed by atoms with Crippen LogP contribution < -0.4 is 20.7 Å². The highest BCUT2D eigenvalue weighted by molar-refractivity contribution is 7.91. The molecule has 0 aliphatic carbocycles. The van der Waals surface area contributed by atoms with Gasteiger partial charge in [-0.3, -0.25) is 4.79 Å². The monoisotopic (exact) mass is 495 g/mol. The lowest BCUT2D eigenvalue weighted by atomic mass is 10.1. The van der Waals surface area contributed by atoms with Gasteiger partial charge in [0.2, 0.25) is 11.8 Å². The number of rotatable bonds is 10. The zero-order chi connectivity index (χ0) is 24.8. The number of carbonyl (C=O) groups excluding carboxylic acids is 1. The molecule has 1 amide bonds. The Hall–Kier alpha value is -3.96. The van der Waals surface area contributed by atoms with Gasteiger partial charge < -0.3 is 25.1 Å². The van der Waals surface area contributed by atoms with Crippen molar-refractivity contribution in [2.75, 3.05) is 24.8 Å². The van der Waals surface area contributed by atoms with Gasteiger partial charge in [0.05, 0.1) is 10.5 Å². The molecule has 0 fully saturated rings. The summed E-state index contributed by atoms with van der Waals surface area (Å²) in [6, 6.07) is 13.2. The third kappa shape index (κ3) is 5.76. The fourth-order valence-electron chi connectivity index (χ4n) is 3.33. The molecule has 0 radical (unpaired) electrons. The van der Waals surface area contributed by atoms with E-state index in [1.54, 1.807) is 49.5 Å². The Morgan fingerprint density at radius 1 is 1.14 bits per heavy atom. The summed E-state index contributed by atoms with van der Waals surface area (Å²) in [4.78, 5) is 20.6. The number of carbonyl (C=O) groups is 1. The number of sulfone groups is 1. The van der Waals surface area contributed by atoms with Gasteiger partial charge in [0.1, 0.15) is 23.5 Å². The van der Waals surface area contributed by atoms with Gasteiger partial charge in [-0.25, -0.2) is 13.4 Å². The van der Waals surface area contributed by atoms with Crippen molar-refractivity contribution in [1.29, 1.82) is 0 Å². The van der Waals surface area contributed by atoms with Crippen LogP contribution in [0.25, 0.3) is 11.0 Å². The first-order valence-corrected chi connectivity index (χ1v) is 12.6. The van der Waals surface area contributed by atoms with Crippen molar-refractivity contribution in [3.05, 3.63) is 66.6 Å². The van der Waals surface area contributed by atoms with Crippen LogP contribution in [0.2, 0.25) is 0 Å². The predicted octanol–water partition coefficient (Wildman–Crippen LogP) is 3.85. The number of ether oxygens (including phenoxy) is 1. The largest absolute Gasteiger partial charge is 0.463 e. The predicted molar refractivity (Wildman–Crippen MR) is 132 cm³/mol. The number of anilines is 2. The lowest BCUT2D eigenvalue weighted by Gasteiger charge is -2.10. The Kier molecular flexibility index (Phi) is 7.28. The van der Waals surface area contributed by atoms with E-state index in [9.17, 15) is 13.2 Å². The van der Waals surface area contributed by atoms with Gasteiger partial charge in [-0.05, 0) is 43.3 Å². The third-order valence-electron chi connectivity index (χ3n) is 5.04. The van der Waals surface area contributed by atoms with Crippen molar-refractivity contribution in [2.45, 2.75) is 18.2 Å². The van der Waals surface area contributed by atoms with E-state index in [1.165, 1.54) is 18.5 Å². The summed E-state index contributed by atoms with van der Waals surface area (Å²) in [6.45, 7) is 2.60. The topological polar surface area (TPSA) is 135 Å². The molecule has 2 aromatic carbocycles. The highest BCUT2D eigenvalue weighted by Gasteiger charge is 2.15. The lowest BCUT2D eigenvalue weighted by molar-refractivity contribution is 0.0964. The summed E-state index contributed by atoms with van der Waals surface area (Å²) in [5.74, 6) is 0.606. The molecule has 2 aromatic heterocycles. The minimum absolute atomic E-state index is 0.130. The van der Waals surface area contributed by atoms with Crippen LogP contribution in [0.15, 0.2) is 70.3 Å². The molecule has 11 heteroatoms. The molecule has 35 heavy (non-hydrogen) atoms. The Morgan fingerprint density at radius 2 is 2.00 bits per heavy atom. The summed E-state index contributed by atoms with van der Waals surface area (Å²) in [5, 5.41) is 9.17. The van der Waals surface area contributed by atoms with Gasteiger partial charge >= 0.3 is 0 Å². The number of fused-ring (bicyclic) bond motifs is 1. The molecule has 182 valence electrons. The summed E-state index contributed by atoms with van der Waals surface area (Å²) in [5.41, 5.74) is 1.46. The lowest BCUT2D eigenvalue weighted by Crippen LogP contribution is -2.23. The SMILES string of the molecule is CCCNCS(=O)(=O)c1cccc(Nc2nccc(Oc3ccc4c(C(=O)NC)coc4c3)n2)c1. The van der Waals surface area contributed by atoms with Crippen molar-refractivity contribution in [3.63, 3.8) is 0 Å². The van der Waals surface area contributed by atoms with Gasteiger partial charge in [0.15, 0.2) is 9.84 Å². The van der Waals surface area contributed by atoms with Crippen LogP contribution in [0.4, 0.5) is 11.6 Å². The molecule has 0 unspecified atom stereocenters. The van der Waals surface area contributed by atoms with Gasteiger partial charge in [-0.15, -0.1) is 0 Å². The normalized spacial score (nSPS) is 11.4. The number of furan rings is 1. The first-order chi connectivity index (χ1) is 16.9. The van der Waals surface area contributed by atoms with Crippen LogP contribution >= 0.6 is 0 Å². The molecule has 2 heterocycles. The van der Waals surface area contributed by atoms with Crippen LogP contribution in [0.3, 0.4) is 0 Å². The fourth-order valence-corrected chi connectivity index (χ4v) is 4.50. The molecule has 0 aliphatic heterocycles. The zero-order valence-electron chi connectivity index (χ0n) is 19.2. The smallest absolute Gasteiger partial charge is 0.254 e. The summed E-state index contributed by atoms with van der Waals surface area (Å²) >= 11 is 0. The van der Waals surface area contributed by atoms with Gasteiger partial charge in [-0.2, -0.15) is 4.98 Å². The van der Waals surface area contributed by atoms with Crippen LogP contribution in [0, 0.1) is 0 Å². The first kappa shape index (κ1) is 24.2. The standard InChI is InChI=1S/C24H25N5O5S/c1-3-10-26-15-35(31,32)18-6-4-5-16(12-18)28-24-27-11-9-22(29-24)34-17-7-8-19-20(23(30)25-2)14-33-21(19)13-17/h4-9,11-14,26H,3,10,15H2,1-2H3,(H,25,30)(H,27,28,29). The molecule has 0 spiro atoms. The van der Waals surface area contributed by atoms with E-state index in [0.717, 1.165) is 6.42 Å². The first-order valence-electron chi connectivity index (χ1n) is 10.9. The zero-order valence-corrected chi connectivity index (χ0v) is 20.1. The van der Waals surface area contributed by atoms with Crippen molar-refractivity contribution in [3.8, 4) is 11.6 Å². The summed E-state index contributed by atoms with van der Waals surface area (Å²) < 4.78 is 36.4. The number of hydrogen-bond donors (Lipinski definition) is 3. The molecular weight excluding hydrogens is 470 g/mol. The molecule has 0 atom stereocenters. The second kappa shape index (κ2) is 10.5.